The molecule has 1 atom stereocenters. The monoisotopic (exact) mass is 193 g/mol. The van der Waals surface area contributed by atoms with Crippen molar-refractivity contribution in [2.75, 3.05) is 0 Å². The van der Waals surface area contributed by atoms with Crippen LogP contribution in [0.5, 0.6) is 0 Å². The Bertz CT molecular complexity index is 343. The van der Waals surface area contributed by atoms with Gasteiger partial charge in [-0.3, -0.25) is 4.79 Å². The largest absolute Gasteiger partial charge is 0.300 e. The molecule has 0 radical (unpaired) electrons. The molecule has 0 amide bonds. The van der Waals surface area contributed by atoms with Crippen LogP contribution in [0, 0.1) is 0 Å². The second-order valence-corrected chi connectivity index (χ2v) is 4.13. The van der Waals surface area contributed by atoms with E-state index in [0.717, 1.165) is 12.2 Å². The van der Waals surface area contributed by atoms with Crippen molar-refractivity contribution >= 4 is 5.78 Å². The average molecular weight is 193 g/mol. The van der Waals surface area contributed by atoms with Crippen LogP contribution in [0.25, 0.3) is 0 Å². The van der Waals surface area contributed by atoms with Crippen LogP contribution in [0.2, 0.25) is 0 Å². The molecule has 0 N–H and O–H groups in total. The number of carbonyl (C=O) groups is 1. The van der Waals surface area contributed by atoms with Crippen molar-refractivity contribution in [3.05, 3.63) is 12.2 Å². The van der Waals surface area contributed by atoms with E-state index < -0.39 is 0 Å². The zero-order valence-electron chi connectivity index (χ0n) is 8.60. The molecule has 1 aromatic rings. The first-order valence-corrected chi connectivity index (χ1v) is 5.09. The van der Waals surface area contributed by atoms with Gasteiger partial charge in [-0.25, -0.2) is 9.67 Å². The van der Waals surface area contributed by atoms with E-state index in [1.165, 1.54) is 0 Å². The highest BCUT2D eigenvalue weighted by Gasteiger charge is 2.27. The van der Waals surface area contributed by atoms with Crippen molar-refractivity contribution in [1.29, 1.82) is 0 Å². The van der Waals surface area contributed by atoms with Gasteiger partial charge in [-0.05, 0) is 20.3 Å². The molecule has 14 heavy (non-hydrogen) atoms. The minimum Gasteiger partial charge on any atom is -0.300 e. The lowest BCUT2D eigenvalue weighted by Gasteiger charge is -2.12. The Labute approximate surface area is 83.3 Å². The summed E-state index contributed by atoms with van der Waals surface area (Å²) in [6.45, 7) is 4.16. The van der Waals surface area contributed by atoms with Crippen LogP contribution in [-0.2, 0) is 4.79 Å². The predicted molar refractivity (Wildman–Crippen MR) is 52.0 cm³/mol. The van der Waals surface area contributed by atoms with Gasteiger partial charge < -0.3 is 0 Å². The predicted octanol–water partition coefficient (Wildman–Crippen LogP) is 1.70. The third-order valence-electron chi connectivity index (χ3n) is 2.70. The first-order valence-electron chi connectivity index (χ1n) is 5.09. The van der Waals surface area contributed by atoms with Gasteiger partial charge in [0.15, 0.2) is 0 Å². The normalized spacial score (nSPS) is 22.2. The number of rotatable bonds is 2. The Morgan fingerprint density at radius 3 is 2.93 bits per heavy atom. The molecule has 4 nitrogen and oxygen atoms in total. The maximum atomic E-state index is 11.2. The van der Waals surface area contributed by atoms with Crippen LogP contribution in [-0.4, -0.2) is 20.5 Å². The lowest BCUT2D eigenvalue weighted by Crippen LogP contribution is -2.11. The van der Waals surface area contributed by atoms with Crippen molar-refractivity contribution in [1.82, 2.24) is 14.8 Å². The van der Waals surface area contributed by atoms with Crippen LogP contribution in [0.4, 0.5) is 0 Å². The number of hydrogen-bond donors (Lipinski definition) is 0. The molecular weight excluding hydrogens is 178 g/mol. The van der Waals surface area contributed by atoms with Crippen LogP contribution >= 0.6 is 0 Å². The number of carbonyl (C=O) groups excluding carboxylic acids is 1. The second kappa shape index (κ2) is 3.52. The van der Waals surface area contributed by atoms with Gasteiger partial charge in [-0.15, -0.1) is 0 Å². The third-order valence-corrected chi connectivity index (χ3v) is 2.70. The molecule has 1 aliphatic carbocycles. The van der Waals surface area contributed by atoms with Gasteiger partial charge >= 0.3 is 0 Å². The molecular formula is C10H15N3O. The summed E-state index contributed by atoms with van der Waals surface area (Å²) in [7, 11) is 0. The van der Waals surface area contributed by atoms with Gasteiger partial charge in [-0.1, -0.05) is 0 Å². The summed E-state index contributed by atoms with van der Waals surface area (Å²) < 4.78 is 1.92. The average Bonchev–Trinajstić information content (AvgIpc) is 2.70. The fraction of sp³-hybridized carbons (Fsp3) is 0.700. The number of hydrogen-bond acceptors (Lipinski definition) is 3. The molecule has 1 aromatic heterocycles. The quantitative estimate of drug-likeness (QED) is 0.718. The van der Waals surface area contributed by atoms with Crippen molar-refractivity contribution in [2.24, 2.45) is 0 Å². The fourth-order valence-corrected chi connectivity index (χ4v) is 1.98. The van der Waals surface area contributed by atoms with Gasteiger partial charge in [0.1, 0.15) is 17.9 Å². The Morgan fingerprint density at radius 2 is 2.36 bits per heavy atom. The van der Waals surface area contributed by atoms with Gasteiger partial charge in [0.2, 0.25) is 0 Å². The van der Waals surface area contributed by atoms with Crippen molar-refractivity contribution in [2.45, 2.75) is 45.1 Å². The maximum absolute atomic E-state index is 11.2. The molecule has 76 valence electrons. The molecule has 4 heteroatoms. The summed E-state index contributed by atoms with van der Waals surface area (Å²) in [5, 5.41) is 4.18. The van der Waals surface area contributed by atoms with Crippen LogP contribution in [0.1, 0.15) is 50.9 Å². The number of Topliss-reactive ketones (excluding diaryl/α,β-unsaturated/α-hetero) is 1. The molecule has 1 fully saturated rings. The Hall–Kier alpha value is -1.19. The Balaban J connectivity index is 2.23. The second-order valence-electron chi connectivity index (χ2n) is 4.13. The topological polar surface area (TPSA) is 47.8 Å². The molecule has 1 saturated carbocycles. The fourth-order valence-electron chi connectivity index (χ4n) is 1.98. The summed E-state index contributed by atoms with van der Waals surface area (Å²) >= 11 is 0. The lowest BCUT2D eigenvalue weighted by molar-refractivity contribution is -0.117. The molecule has 0 saturated heterocycles. The molecule has 0 spiro atoms. The lowest BCUT2D eigenvalue weighted by atomic mass is 10.1. The molecule has 1 heterocycles. The summed E-state index contributed by atoms with van der Waals surface area (Å²) in [5.41, 5.74) is 0. The van der Waals surface area contributed by atoms with E-state index in [9.17, 15) is 4.79 Å². The van der Waals surface area contributed by atoms with Crippen LogP contribution in [0.3, 0.4) is 0 Å². The summed E-state index contributed by atoms with van der Waals surface area (Å²) in [6, 6.07) is 0.322. The molecule has 2 rings (SSSR count). The minimum atomic E-state index is 0.299. The SMILES string of the molecule is CC(C)n1ncnc1C1CCC(=O)C1. The van der Waals surface area contributed by atoms with Gasteiger partial charge in [-0.2, -0.15) is 5.10 Å². The van der Waals surface area contributed by atoms with Crippen molar-refractivity contribution in [3.8, 4) is 0 Å². The summed E-state index contributed by atoms with van der Waals surface area (Å²) in [6.07, 6.45) is 3.86. The van der Waals surface area contributed by atoms with Gasteiger partial charge in [0.25, 0.3) is 0 Å². The Kier molecular flexibility index (Phi) is 2.35. The zero-order chi connectivity index (χ0) is 10.1. The molecule has 0 aliphatic heterocycles. The van der Waals surface area contributed by atoms with Gasteiger partial charge in [0, 0.05) is 24.8 Å². The first kappa shape index (κ1) is 9.37. The van der Waals surface area contributed by atoms with E-state index in [2.05, 4.69) is 23.9 Å². The third kappa shape index (κ3) is 1.56. The minimum absolute atomic E-state index is 0.299. The highest BCUT2D eigenvalue weighted by atomic mass is 16.1. The highest BCUT2D eigenvalue weighted by molar-refractivity contribution is 5.81. The van der Waals surface area contributed by atoms with Crippen LogP contribution in [0.15, 0.2) is 6.33 Å². The summed E-state index contributed by atoms with van der Waals surface area (Å²) in [5.74, 6) is 1.63. The zero-order valence-corrected chi connectivity index (χ0v) is 8.60. The molecule has 1 aliphatic rings. The highest BCUT2D eigenvalue weighted by Crippen LogP contribution is 2.31. The van der Waals surface area contributed by atoms with E-state index in [1.807, 2.05) is 4.68 Å². The van der Waals surface area contributed by atoms with Gasteiger partial charge in [0.05, 0.1) is 0 Å². The first-order chi connectivity index (χ1) is 6.68. The standard InChI is InChI=1S/C10H15N3O/c1-7(2)13-10(11-6-12-13)8-3-4-9(14)5-8/h6-8H,3-5H2,1-2H3. The van der Waals surface area contributed by atoms with Crippen molar-refractivity contribution in [3.63, 3.8) is 0 Å². The van der Waals surface area contributed by atoms with E-state index in [0.29, 0.717) is 30.6 Å². The van der Waals surface area contributed by atoms with E-state index >= 15 is 0 Å². The molecule has 0 aromatic carbocycles. The van der Waals surface area contributed by atoms with E-state index in [-0.39, 0.29) is 0 Å². The number of nitrogens with zero attached hydrogens (tertiary/aromatic N) is 3. The van der Waals surface area contributed by atoms with Crippen LogP contribution < -0.4 is 0 Å². The summed E-state index contributed by atoms with van der Waals surface area (Å²) in [4.78, 5) is 15.4. The smallest absolute Gasteiger partial charge is 0.138 e. The number of aromatic nitrogens is 3. The van der Waals surface area contributed by atoms with E-state index in [1.54, 1.807) is 6.33 Å². The van der Waals surface area contributed by atoms with Crippen molar-refractivity contribution < 1.29 is 4.79 Å². The van der Waals surface area contributed by atoms with E-state index in [4.69, 9.17) is 0 Å². The number of ketones is 1. The molecule has 0 bridgehead atoms. The molecule has 1 unspecified atom stereocenters. The maximum Gasteiger partial charge on any atom is 0.138 e. The Morgan fingerprint density at radius 1 is 1.57 bits per heavy atom.